The van der Waals surface area contributed by atoms with Crippen LogP contribution in [0, 0.1) is 17.7 Å². The summed E-state index contributed by atoms with van der Waals surface area (Å²) in [6, 6.07) is 13.0. The van der Waals surface area contributed by atoms with Gasteiger partial charge in [0.05, 0.1) is 11.8 Å². The molecule has 0 aromatic heterocycles. The predicted octanol–water partition coefficient (Wildman–Crippen LogP) is 2.68. The predicted molar refractivity (Wildman–Crippen MR) is 99.2 cm³/mol. The van der Waals surface area contributed by atoms with E-state index in [0.717, 1.165) is 0 Å². The fourth-order valence-electron chi connectivity index (χ4n) is 2.84. The molecule has 140 valence electrons. The van der Waals surface area contributed by atoms with Gasteiger partial charge < -0.3 is 16.0 Å². The normalized spacial score (nSPS) is 17.7. The van der Waals surface area contributed by atoms with Gasteiger partial charge >= 0.3 is 0 Å². The molecule has 3 amide bonds. The number of hydrogen-bond acceptors (Lipinski definition) is 3. The molecule has 1 aliphatic carbocycles. The summed E-state index contributed by atoms with van der Waals surface area (Å²) in [5.74, 6) is -1.90. The van der Waals surface area contributed by atoms with E-state index < -0.39 is 11.8 Å². The molecule has 3 N–H and O–H groups in total. The maximum atomic E-state index is 13.6. The number of benzene rings is 2. The standard InChI is InChI=1S/C20H20FN3O3/c1-12(25)23-14-6-4-7-15(9-14)24-20(27)17-10-16(17)19(26)22-11-13-5-2-3-8-18(13)21/h2-9,16-17H,10-11H2,1H3,(H,22,26)(H,23,25)(H,24,27). The zero-order valence-electron chi connectivity index (χ0n) is 14.8. The van der Waals surface area contributed by atoms with E-state index in [9.17, 15) is 18.8 Å². The third kappa shape index (κ3) is 4.91. The summed E-state index contributed by atoms with van der Waals surface area (Å²) in [6.45, 7) is 1.50. The van der Waals surface area contributed by atoms with Crippen LogP contribution in [0.3, 0.4) is 0 Å². The van der Waals surface area contributed by atoms with Crippen LogP contribution in [-0.2, 0) is 20.9 Å². The first-order chi connectivity index (χ1) is 12.9. The van der Waals surface area contributed by atoms with Crippen LogP contribution < -0.4 is 16.0 Å². The van der Waals surface area contributed by atoms with E-state index in [1.165, 1.54) is 13.0 Å². The Morgan fingerprint density at radius 1 is 0.963 bits per heavy atom. The Balaban J connectivity index is 1.50. The van der Waals surface area contributed by atoms with Gasteiger partial charge in [0.15, 0.2) is 0 Å². The first-order valence-electron chi connectivity index (χ1n) is 8.63. The Kier molecular flexibility index (Phi) is 5.49. The lowest BCUT2D eigenvalue weighted by molar-refractivity contribution is -0.125. The van der Waals surface area contributed by atoms with Crippen molar-refractivity contribution in [3.8, 4) is 0 Å². The molecule has 1 saturated carbocycles. The van der Waals surface area contributed by atoms with Crippen molar-refractivity contribution in [2.75, 3.05) is 10.6 Å². The van der Waals surface area contributed by atoms with Gasteiger partial charge in [0.25, 0.3) is 0 Å². The monoisotopic (exact) mass is 369 g/mol. The van der Waals surface area contributed by atoms with E-state index in [4.69, 9.17) is 0 Å². The number of carbonyl (C=O) groups is 3. The lowest BCUT2D eigenvalue weighted by Crippen LogP contribution is -2.27. The van der Waals surface area contributed by atoms with E-state index >= 15 is 0 Å². The van der Waals surface area contributed by atoms with Gasteiger partial charge in [0.1, 0.15) is 5.82 Å². The van der Waals surface area contributed by atoms with Crippen molar-refractivity contribution in [3.63, 3.8) is 0 Å². The second-order valence-corrected chi connectivity index (χ2v) is 6.51. The molecule has 2 aromatic rings. The number of halogens is 1. The molecule has 2 unspecified atom stereocenters. The minimum atomic E-state index is -0.407. The molecule has 7 heteroatoms. The highest BCUT2D eigenvalue weighted by atomic mass is 19.1. The number of hydrogen-bond donors (Lipinski definition) is 3. The largest absolute Gasteiger partial charge is 0.352 e. The van der Waals surface area contributed by atoms with Crippen LogP contribution >= 0.6 is 0 Å². The van der Waals surface area contributed by atoms with E-state index in [1.54, 1.807) is 42.5 Å². The Morgan fingerprint density at radius 3 is 2.33 bits per heavy atom. The molecule has 0 bridgehead atoms. The molecule has 0 radical (unpaired) electrons. The van der Waals surface area contributed by atoms with Crippen LogP contribution in [0.15, 0.2) is 48.5 Å². The smallest absolute Gasteiger partial charge is 0.228 e. The summed E-state index contributed by atoms with van der Waals surface area (Å²) in [4.78, 5) is 35.6. The van der Waals surface area contributed by atoms with Crippen LogP contribution in [0.25, 0.3) is 0 Å². The molecule has 1 fully saturated rings. The molecule has 2 aromatic carbocycles. The van der Waals surface area contributed by atoms with E-state index in [0.29, 0.717) is 23.4 Å². The van der Waals surface area contributed by atoms with Crippen LogP contribution in [0.5, 0.6) is 0 Å². The van der Waals surface area contributed by atoms with Gasteiger partial charge in [-0.25, -0.2) is 4.39 Å². The molecule has 0 aliphatic heterocycles. The third-order valence-electron chi connectivity index (χ3n) is 4.33. The zero-order chi connectivity index (χ0) is 19.4. The van der Waals surface area contributed by atoms with E-state index in [2.05, 4.69) is 16.0 Å². The molecule has 0 heterocycles. The summed E-state index contributed by atoms with van der Waals surface area (Å²) < 4.78 is 13.6. The molecule has 0 spiro atoms. The highest BCUT2D eigenvalue weighted by molar-refractivity contribution is 6.00. The summed E-state index contributed by atoms with van der Waals surface area (Å²) in [5, 5.41) is 8.07. The van der Waals surface area contributed by atoms with Gasteiger partial charge in [-0.2, -0.15) is 0 Å². The molecule has 1 aliphatic rings. The van der Waals surface area contributed by atoms with Crippen molar-refractivity contribution < 1.29 is 18.8 Å². The van der Waals surface area contributed by atoms with Gasteiger partial charge in [-0.05, 0) is 30.7 Å². The molecule has 0 saturated heterocycles. The van der Waals surface area contributed by atoms with Crippen molar-refractivity contribution in [2.45, 2.75) is 19.9 Å². The Hall–Kier alpha value is -3.22. The molecule has 3 rings (SSSR count). The third-order valence-corrected chi connectivity index (χ3v) is 4.33. The lowest BCUT2D eigenvalue weighted by Gasteiger charge is -2.08. The maximum absolute atomic E-state index is 13.6. The minimum absolute atomic E-state index is 0.0924. The quantitative estimate of drug-likeness (QED) is 0.732. The highest BCUT2D eigenvalue weighted by Crippen LogP contribution is 2.39. The minimum Gasteiger partial charge on any atom is -0.352 e. The average molecular weight is 369 g/mol. The van der Waals surface area contributed by atoms with Crippen molar-refractivity contribution >= 4 is 29.1 Å². The van der Waals surface area contributed by atoms with E-state index in [1.807, 2.05) is 0 Å². The van der Waals surface area contributed by atoms with Gasteiger partial charge in [-0.1, -0.05) is 24.3 Å². The van der Waals surface area contributed by atoms with E-state index in [-0.39, 0.29) is 30.1 Å². The number of nitrogens with one attached hydrogen (secondary N) is 3. The number of rotatable bonds is 6. The molecular formula is C20H20FN3O3. The van der Waals surface area contributed by atoms with Gasteiger partial charge in [0, 0.05) is 30.4 Å². The summed E-state index contributed by atoms with van der Waals surface area (Å²) in [6.07, 6.45) is 0.459. The Morgan fingerprint density at radius 2 is 1.63 bits per heavy atom. The summed E-state index contributed by atoms with van der Waals surface area (Å²) in [5.41, 5.74) is 1.53. The zero-order valence-corrected chi connectivity index (χ0v) is 14.8. The van der Waals surface area contributed by atoms with Crippen LogP contribution in [0.2, 0.25) is 0 Å². The van der Waals surface area contributed by atoms with Gasteiger partial charge in [0.2, 0.25) is 17.7 Å². The summed E-state index contributed by atoms with van der Waals surface area (Å²) >= 11 is 0. The van der Waals surface area contributed by atoms with Crippen molar-refractivity contribution in [1.29, 1.82) is 0 Å². The first-order valence-corrected chi connectivity index (χ1v) is 8.63. The molecule has 6 nitrogen and oxygen atoms in total. The Bertz CT molecular complexity index is 884. The average Bonchev–Trinajstić information content (AvgIpc) is 3.41. The fraction of sp³-hybridized carbons (Fsp3) is 0.250. The van der Waals surface area contributed by atoms with Crippen molar-refractivity contribution in [2.24, 2.45) is 11.8 Å². The van der Waals surface area contributed by atoms with Crippen LogP contribution in [0.4, 0.5) is 15.8 Å². The topological polar surface area (TPSA) is 87.3 Å². The fourth-order valence-corrected chi connectivity index (χ4v) is 2.84. The Labute approximate surface area is 156 Å². The lowest BCUT2D eigenvalue weighted by atomic mass is 10.2. The van der Waals surface area contributed by atoms with Gasteiger partial charge in [-0.15, -0.1) is 0 Å². The maximum Gasteiger partial charge on any atom is 0.228 e. The summed E-state index contributed by atoms with van der Waals surface area (Å²) in [7, 11) is 0. The van der Waals surface area contributed by atoms with Crippen molar-refractivity contribution in [3.05, 3.63) is 59.9 Å². The van der Waals surface area contributed by atoms with Crippen LogP contribution in [-0.4, -0.2) is 17.7 Å². The van der Waals surface area contributed by atoms with Gasteiger partial charge in [-0.3, -0.25) is 14.4 Å². The number of anilines is 2. The molecule has 27 heavy (non-hydrogen) atoms. The molecule has 2 atom stereocenters. The molecular weight excluding hydrogens is 349 g/mol. The number of amides is 3. The first kappa shape index (κ1) is 18.6. The highest BCUT2D eigenvalue weighted by Gasteiger charge is 2.47. The SMILES string of the molecule is CC(=O)Nc1cccc(NC(=O)C2CC2C(=O)NCc2ccccc2F)c1. The number of carbonyl (C=O) groups excluding carboxylic acids is 3. The second kappa shape index (κ2) is 7.99. The van der Waals surface area contributed by atoms with Crippen LogP contribution in [0.1, 0.15) is 18.9 Å². The second-order valence-electron chi connectivity index (χ2n) is 6.51. The van der Waals surface area contributed by atoms with Crippen molar-refractivity contribution in [1.82, 2.24) is 5.32 Å².